The summed E-state index contributed by atoms with van der Waals surface area (Å²) in [4.78, 5) is 15.8. The van der Waals surface area contributed by atoms with Crippen molar-refractivity contribution in [3.8, 4) is 0 Å². The highest BCUT2D eigenvalue weighted by molar-refractivity contribution is 6.30. The molecule has 0 atom stereocenters. The van der Waals surface area contributed by atoms with Crippen molar-refractivity contribution in [1.29, 1.82) is 0 Å². The monoisotopic (exact) mass is 301 g/mol. The second-order valence-electron chi connectivity index (χ2n) is 4.37. The van der Waals surface area contributed by atoms with E-state index in [2.05, 4.69) is 4.99 Å². The van der Waals surface area contributed by atoms with Crippen LogP contribution in [0.2, 0.25) is 5.02 Å². The maximum absolute atomic E-state index is 13.7. The van der Waals surface area contributed by atoms with E-state index < -0.39 is 11.8 Å². The van der Waals surface area contributed by atoms with Crippen LogP contribution in [-0.4, -0.2) is 11.9 Å². The van der Waals surface area contributed by atoms with Gasteiger partial charge in [0.1, 0.15) is 5.82 Å². The van der Waals surface area contributed by atoms with Crippen LogP contribution in [0.1, 0.15) is 11.1 Å². The lowest BCUT2D eigenvalue weighted by Gasteiger charge is -1.99. The minimum Gasteiger partial charge on any atom is -0.402 e. The summed E-state index contributed by atoms with van der Waals surface area (Å²) in [6.45, 7) is 0. The summed E-state index contributed by atoms with van der Waals surface area (Å²) in [6, 6.07) is 12.9. The maximum Gasteiger partial charge on any atom is 0.363 e. The fourth-order valence-corrected chi connectivity index (χ4v) is 2.00. The Labute approximate surface area is 125 Å². The van der Waals surface area contributed by atoms with E-state index >= 15 is 0 Å². The van der Waals surface area contributed by atoms with Crippen LogP contribution in [0.5, 0.6) is 0 Å². The van der Waals surface area contributed by atoms with Gasteiger partial charge in [-0.05, 0) is 35.9 Å². The predicted molar refractivity (Wildman–Crippen MR) is 78.5 cm³/mol. The first-order valence-corrected chi connectivity index (χ1v) is 6.54. The molecule has 0 spiro atoms. The van der Waals surface area contributed by atoms with Crippen LogP contribution < -0.4 is 0 Å². The molecule has 21 heavy (non-hydrogen) atoms. The van der Waals surface area contributed by atoms with Gasteiger partial charge in [0, 0.05) is 5.02 Å². The first-order valence-electron chi connectivity index (χ1n) is 6.16. The molecule has 0 amide bonds. The van der Waals surface area contributed by atoms with Crippen LogP contribution in [0, 0.1) is 5.82 Å². The number of hydrogen-bond donors (Lipinski definition) is 0. The lowest BCUT2D eigenvalue weighted by Crippen LogP contribution is -2.07. The normalized spacial score (nSPS) is 16.0. The Morgan fingerprint density at radius 3 is 2.52 bits per heavy atom. The molecule has 2 aromatic rings. The summed E-state index contributed by atoms with van der Waals surface area (Å²) in [5, 5.41) is 0.599. The minimum atomic E-state index is -0.608. The molecule has 0 bridgehead atoms. The summed E-state index contributed by atoms with van der Waals surface area (Å²) >= 11 is 5.80. The van der Waals surface area contributed by atoms with Crippen molar-refractivity contribution in [1.82, 2.24) is 0 Å². The van der Waals surface area contributed by atoms with Crippen LogP contribution in [0.25, 0.3) is 6.08 Å². The van der Waals surface area contributed by atoms with Gasteiger partial charge in [0.2, 0.25) is 5.90 Å². The van der Waals surface area contributed by atoms with E-state index in [4.69, 9.17) is 16.3 Å². The molecule has 5 heteroatoms. The van der Waals surface area contributed by atoms with E-state index in [-0.39, 0.29) is 17.2 Å². The van der Waals surface area contributed by atoms with E-state index in [0.29, 0.717) is 5.02 Å². The predicted octanol–water partition coefficient (Wildman–Crippen LogP) is 3.82. The number of benzene rings is 2. The van der Waals surface area contributed by atoms with Crippen molar-refractivity contribution in [3.63, 3.8) is 0 Å². The van der Waals surface area contributed by atoms with Gasteiger partial charge >= 0.3 is 5.97 Å². The van der Waals surface area contributed by atoms with E-state index in [9.17, 15) is 9.18 Å². The summed E-state index contributed by atoms with van der Waals surface area (Å²) in [5.74, 6) is -1.13. The van der Waals surface area contributed by atoms with E-state index in [1.54, 1.807) is 42.5 Å². The zero-order valence-corrected chi connectivity index (χ0v) is 11.5. The lowest BCUT2D eigenvalue weighted by atomic mass is 10.2. The first-order chi connectivity index (χ1) is 10.1. The highest BCUT2D eigenvalue weighted by Crippen LogP contribution is 2.21. The molecule has 1 heterocycles. The summed E-state index contributed by atoms with van der Waals surface area (Å²) in [6.07, 6.45) is 1.56. The van der Waals surface area contributed by atoms with Crippen LogP contribution in [-0.2, 0) is 9.53 Å². The molecular weight excluding hydrogens is 293 g/mol. The molecule has 3 rings (SSSR count). The maximum atomic E-state index is 13.7. The van der Waals surface area contributed by atoms with E-state index in [1.807, 2.05) is 0 Å². The molecule has 0 radical (unpaired) electrons. The summed E-state index contributed by atoms with van der Waals surface area (Å²) < 4.78 is 18.7. The molecule has 0 aromatic heterocycles. The van der Waals surface area contributed by atoms with Crippen molar-refractivity contribution < 1.29 is 13.9 Å². The zero-order valence-electron chi connectivity index (χ0n) is 10.7. The Morgan fingerprint density at radius 1 is 1.10 bits per heavy atom. The minimum absolute atomic E-state index is 0.0293. The number of halogens is 2. The van der Waals surface area contributed by atoms with Crippen molar-refractivity contribution in [2.45, 2.75) is 0 Å². The Kier molecular flexibility index (Phi) is 3.54. The van der Waals surface area contributed by atoms with Gasteiger partial charge < -0.3 is 4.74 Å². The number of cyclic esters (lactones) is 1. The molecule has 0 fully saturated rings. The lowest BCUT2D eigenvalue weighted by molar-refractivity contribution is -0.129. The average molecular weight is 302 g/mol. The number of carbonyl (C=O) groups is 1. The molecule has 2 aromatic carbocycles. The number of hydrogen-bond acceptors (Lipinski definition) is 3. The summed E-state index contributed by atoms with van der Waals surface area (Å²) in [7, 11) is 0. The molecule has 1 aliphatic rings. The van der Waals surface area contributed by atoms with Crippen molar-refractivity contribution in [2.75, 3.05) is 0 Å². The summed E-state index contributed by atoms with van der Waals surface area (Å²) in [5.41, 5.74) is 1.03. The fraction of sp³-hybridized carbons (Fsp3) is 0. The number of nitrogens with zero attached hydrogens (tertiary/aromatic N) is 1. The number of carbonyl (C=O) groups excluding carboxylic acids is 1. The van der Waals surface area contributed by atoms with Gasteiger partial charge in [-0.3, -0.25) is 0 Å². The number of ether oxygens (including phenoxy) is 1. The highest BCUT2D eigenvalue weighted by atomic mass is 35.5. The second-order valence-corrected chi connectivity index (χ2v) is 4.80. The SMILES string of the molecule is O=C1OC(c2ccccc2F)=N/C1=C/c1ccc(Cl)cc1. The number of rotatable bonds is 2. The molecule has 3 nitrogen and oxygen atoms in total. The average Bonchev–Trinajstić information content (AvgIpc) is 2.83. The molecule has 104 valence electrons. The zero-order chi connectivity index (χ0) is 14.8. The Balaban J connectivity index is 1.96. The van der Waals surface area contributed by atoms with Crippen LogP contribution in [0.4, 0.5) is 4.39 Å². The molecule has 1 aliphatic heterocycles. The van der Waals surface area contributed by atoms with E-state index in [1.165, 1.54) is 12.1 Å². The van der Waals surface area contributed by atoms with Crippen molar-refractivity contribution in [3.05, 3.63) is 76.2 Å². The van der Waals surface area contributed by atoms with Gasteiger partial charge in [-0.1, -0.05) is 35.9 Å². The Hall–Kier alpha value is -2.46. The van der Waals surface area contributed by atoms with Crippen LogP contribution in [0.3, 0.4) is 0 Å². The Bertz CT molecular complexity index is 766. The first kappa shape index (κ1) is 13.5. The molecule has 0 aliphatic carbocycles. The highest BCUT2D eigenvalue weighted by Gasteiger charge is 2.25. The Morgan fingerprint density at radius 2 is 1.81 bits per heavy atom. The standard InChI is InChI=1S/C16H9ClFNO2/c17-11-7-5-10(6-8-11)9-14-16(20)21-15(19-14)12-3-1-2-4-13(12)18/h1-9H/b14-9+. The van der Waals surface area contributed by atoms with Gasteiger partial charge in [-0.2, -0.15) is 0 Å². The quantitative estimate of drug-likeness (QED) is 0.625. The topological polar surface area (TPSA) is 38.7 Å². The van der Waals surface area contributed by atoms with Gasteiger partial charge in [-0.25, -0.2) is 14.2 Å². The molecular formula is C16H9ClFNO2. The van der Waals surface area contributed by atoms with Gasteiger partial charge in [0.25, 0.3) is 0 Å². The van der Waals surface area contributed by atoms with Crippen LogP contribution >= 0.6 is 11.6 Å². The number of esters is 1. The van der Waals surface area contributed by atoms with Crippen molar-refractivity contribution in [2.24, 2.45) is 4.99 Å². The van der Waals surface area contributed by atoms with E-state index in [0.717, 1.165) is 5.56 Å². The van der Waals surface area contributed by atoms with Gasteiger partial charge in [0.05, 0.1) is 5.56 Å². The largest absolute Gasteiger partial charge is 0.402 e. The van der Waals surface area contributed by atoms with Crippen molar-refractivity contribution >= 4 is 29.5 Å². The van der Waals surface area contributed by atoms with Gasteiger partial charge in [0.15, 0.2) is 5.70 Å². The fourth-order valence-electron chi connectivity index (χ4n) is 1.88. The second kappa shape index (κ2) is 5.50. The third-order valence-corrected chi connectivity index (χ3v) is 3.15. The van der Waals surface area contributed by atoms with Crippen LogP contribution in [0.15, 0.2) is 59.2 Å². The smallest absolute Gasteiger partial charge is 0.363 e. The third-order valence-electron chi connectivity index (χ3n) is 2.90. The molecule has 0 N–H and O–H groups in total. The molecule has 0 unspecified atom stereocenters. The third kappa shape index (κ3) is 2.85. The number of aliphatic imine (C=N–C) groups is 1. The van der Waals surface area contributed by atoms with Gasteiger partial charge in [-0.15, -0.1) is 0 Å². The molecule has 0 saturated heterocycles. The molecule has 0 saturated carbocycles.